The molecule has 0 spiro atoms. The van der Waals surface area contributed by atoms with Crippen molar-refractivity contribution in [3.63, 3.8) is 0 Å². The van der Waals surface area contributed by atoms with E-state index in [9.17, 15) is 4.79 Å². The Bertz CT molecular complexity index is 393. The Morgan fingerprint density at radius 2 is 1.89 bits per heavy atom. The third kappa shape index (κ3) is 5.30. The number of esters is 1. The Morgan fingerprint density at radius 3 is 2.53 bits per heavy atom. The van der Waals surface area contributed by atoms with Gasteiger partial charge in [0.25, 0.3) is 0 Å². The number of rotatable bonds is 8. The lowest BCUT2D eigenvalue weighted by molar-refractivity contribution is -0.144. The van der Waals surface area contributed by atoms with E-state index in [2.05, 4.69) is 0 Å². The second-order valence-electron chi connectivity index (χ2n) is 4.15. The van der Waals surface area contributed by atoms with Crippen LogP contribution in [0.3, 0.4) is 0 Å². The minimum atomic E-state index is -0.182. The third-order valence-electron chi connectivity index (χ3n) is 2.77. The molecule has 0 aromatic heterocycles. The quantitative estimate of drug-likeness (QED) is 0.677. The van der Waals surface area contributed by atoms with Crippen LogP contribution < -0.4 is 4.74 Å². The highest BCUT2D eigenvalue weighted by molar-refractivity contribution is 5.71. The van der Waals surface area contributed by atoms with E-state index >= 15 is 0 Å². The highest BCUT2D eigenvalue weighted by Gasteiger charge is 2.12. The largest absolute Gasteiger partial charge is 0.494 e. The van der Waals surface area contributed by atoms with Crippen molar-refractivity contribution >= 4 is 5.97 Å². The molecule has 0 radical (unpaired) electrons. The first kappa shape index (κ1) is 15.5. The molecule has 1 aromatic carbocycles. The molecule has 0 aliphatic carbocycles. The van der Waals surface area contributed by atoms with Crippen LogP contribution in [-0.2, 0) is 16.1 Å². The first-order valence-corrected chi connectivity index (χ1v) is 6.79. The first-order chi connectivity index (χ1) is 9.21. The van der Waals surface area contributed by atoms with Crippen molar-refractivity contribution in [2.45, 2.75) is 27.3 Å². The van der Waals surface area contributed by atoms with Gasteiger partial charge in [-0.3, -0.25) is 9.69 Å². The van der Waals surface area contributed by atoms with Gasteiger partial charge in [-0.2, -0.15) is 0 Å². The van der Waals surface area contributed by atoms with Crippen LogP contribution >= 0.6 is 0 Å². The van der Waals surface area contributed by atoms with Crippen LogP contribution in [-0.4, -0.2) is 37.2 Å². The summed E-state index contributed by atoms with van der Waals surface area (Å²) in [6, 6.07) is 7.92. The lowest BCUT2D eigenvalue weighted by Gasteiger charge is -2.20. The first-order valence-electron chi connectivity index (χ1n) is 6.79. The highest BCUT2D eigenvalue weighted by Crippen LogP contribution is 2.19. The summed E-state index contributed by atoms with van der Waals surface area (Å²) in [5.74, 6) is 0.700. The van der Waals surface area contributed by atoms with Crippen molar-refractivity contribution < 1.29 is 14.3 Å². The van der Waals surface area contributed by atoms with Crippen LogP contribution in [0.2, 0.25) is 0 Å². The zero-order valence-corrected chi connectivity index (χ0v) is 12.0. The van der Waals surface area contributed by atoms with Crippen LogP contribution in [0.15, 0.2) is 24.3 Å². The molecule has 1 aromatic rings. The van der Waals surface area contributed by atoms with E-state index < -0.39 is 0 Å². The van der Waals surface area contributed by atoms with Gasteiger partial charge in [0, 0.05) is 12.1 Å². The molecule has 0 amide bonds. The van der Waals surface area contributed by atoms with Gasteiger partial charge in [0.1, 0.15) is 5.75 Å². The van der Waals surface area contributed by atoms with Gasteiger partial charge >= 0.3 is 5.97 Å². The van der Waals surface area contributed by atoms with Gasteiger partial charge in [-0.05, 0) is 26.5 Å². The van der Waals surface area contributed by atoms with Gasteiger partial charge in [-0.25, -0.2) is 0 Å². The minimum absolute atomic E-state index is 0.182. The molecule has 4 heteroatoms. The summed E-state index contributed by atoms with van der Waals surface area (Å²) < 4.78 is 10.6. The molecule has 1 rings (SSSR count). The molecular formula is C15H23NO3. The smallest absolute Gasteiger partial charge is 0.320 e. The van der Waals surface area contributed by atoms with E-state index in [-0.39, 0.29) is 5.97 Å². The van der Waals surface area contributed by atoms with Gasteiger partial charge in [-0.15, -0.1) is 0 Å². The maximum atomic E-state index is 11.5. The molecule has 0 fully saturated rings. The third-order valence-corrected chi connectivity index (χ3v) is 2.77. The average molecular weight is 265 g/mol. The number of nitrogens with zero attached hydrogens (tertiary/aromatic N) is 1. The predicted octanol–water partition coefficient (Wildman–Crippen LogP) is 2.47. The zero-order chi connectivity index (χ0) is 14.1. The van der Waals surface area contributed by atoms with Crippen LogP contribution in [0.5, 0.6) is 5.75 Å². The topological polar surface area (TPSA) is 38.8 Å². The number of benzene rings is 1. The molecule has 4 nitrogen and oxygen atoms in total. The zero-order valence-electron chi connectivity index (χ0n) is 12.0. The maximum Gasteiger partial charge on any atom is 0.320 e. The number of carbonyl (C=O) groups is 1. The average Bonchev–Trinajstić information content (AvgIpc) is 2.40. The van der Waals surface area contributed by atoms with Crippen molar-refractivity contribution in [1.29, 1.82) is 0 Å². The monoisotopic (exact) mass is 265 g/mol. The van der Waals surface area contributed by atoms with Gasteiger partial charge in [0.05, 0.1) is 19.8 Å². The molecule has 19 heavy (non-hydrogen) atoms. The summed E-state index contributed by atoms with van der Waals surface area (Å²) in [6.07, 6.45) is 0. The number of carbonyl (C=O) groups excluding carboxylic acids is 1. The minimum Gasteiger partial charge on any atom is -0.494 e. The van der Waals surface area contributed by atoms with E-state index in [0.717, 1.165) is 17.9 Å². The number of likely N-dealkylation sites (N-methyl/N-ethyl adjacent to an activating group) is 1. The molecule has 0 N–H and O–H groups in total. The summed E-state index contributed by atoms with van der Waals surface area (Å²) >= 11 is 0. The summed E-state index contributed by atoms with van der Waals surface area (Å²) in [6.45, 7) is 8.66. The van der Waals surface area contributed by atoms with Crippen molar-refractivity contribution in [2.75, 3.05) is 26.3 Å². The number of hydrogen-bond acceptors (Lipinski definition) is 4. The van der Waals surface area contributed by atoms with E-state index in [0.29, 0.717) is 26.3 Å². The van der Waals surface area contributed by atoms with E-state index in [4.69, 9.17) is 9.47 Å². The highest BCUT2D eigenvalue weighted by atomic mass is 16.5. The fourth-order valence-electron chi connectivity index (χ4n) is 1.84. The van der Waals surface area contributed by atoms with Crippen LogP contribution in [0.1, 0.15) is 26.3 Å². The summed E-state index contributed by atoms with van der Waals surface area (Å²) in [5.41, 5.74) is 1.09. The van der Waals surface area contributed by atoms with Crippen LogP contribution in [0.4, 0.5) is 0 Å². The fraction of sp³-hybridized carbons (Fsp3) is 0.533. The predicted molar refractivity (Wildman–Crippen MR) is 75.2 cm³/mol. The Labute approximate surface area is 115 Å². The molecule has 0 heterocycles. The molecule has 0 saturated carbocycles. The molecular weight excluding hydrogens is 242 g/mol. The van der Waals surface area contributed by atoms with Crippen molar-refractivity contribution in [3.05, 3.63) is 29.8 Å². The van der Waals surface area contributed by atoms with Crippen molar-refractivity contribution in [2.24, 2.45) is 0 Å². The maximum absolute atomic E-state index is 11.5. The molecule has 0 bridgehead atoms. The van der Waals surface area contributed by atoms with Gasteiger partial charge in [-0.1, -0.05) is 25.1 Å². The summed E-state index contributed by atoms with van der Waals surface area (Å²) in [7, 11) is 0. The van der Waals surface area contributed by atoms with E-state index in [1.807, 2.05) is 49.9 Å². The fourth-order valence-corrected chi connectivity index (χ4v) is 1.84. The van der Waals surface area contributed by atoms with Crippen LogP contribution in [0, 0.1) is 0 Å². The van der Waals surface area contributed by atoms with E-state index in [1.165, 1.54) is 0 Å². The van der Waals surface area contributed by atoms with E-state index in [1.54, 1.807) is 0 Å². The van der Waals surface area contributed by atoms with Crippen LogP contribution in [0.25, 0.3) is 0 Å². The number of para-hydroxylation sites is 1. The van der Waals surface area contributed by atoms with Crippen molar-refractivity contribution in [1.82, 2.24) is 4.90 Å². The standard InChI is InChI=1S/C15H23NO3/c1-4-16(12-15(17)19-6-3)11-13-9-7-8-10-14(13)18-5-2/h7-10H,4-6,11-12H2,1-3H3. The normalized spacial score (nSPS) is 10.5. The number of hydrogen-bond donors (Lipinski definition) is 0. The molecule has 0 atom stereocenters. The Balaban J connectivity index is 2.67. The molecule has 0 unspecified atom stereocenters. The molecule has 0 aliphatic rings. The SMILES string of the molecule is CCOC(=O)CN(CC)Cc1ccccc1OCC. The molecule has 0 saturated heterocycles. The van der Waals surface area contributed by atoms with Gasteiger partial charge in [0.2, 0.25) is 0 Å². The number of ether oxygens (including phenoxy) is 2. The van der Waals surface area contributed by atoms with Crippen molar-refractivity contribution in [3.8, 4) is 5.75 Å². The summed E-state index contributed by atoms with van der Waals surface area (Å²) in [5, 5.41) is 0. The lowest BCUT2D eigenvalue weighted by Crippen LogP contribution is -2.30. The molecule has 106 valence electrons. The Morgan fingerprint density at radius 1 is 1.16 bits per heavy atom. The van der Waals surface area contributed by atoms with Gasteiger partial charge < -0.3 is 9.47 Å². The van der Waals surface area contributed by atoms with Gasteiger partial charge in [0.15, 0.2) is 0 Å². The summed E-state index contributed by atoms with van der Waals surface area (Å²) in [4.78, 5) is 13.6. The Hall–Kier alpha value is -1.55. The lowest BCUT2D eigenvalue weighted by atomic mass is 10.2. The molecule has 0 aliphatic heterocycles. The second kappa shape index (κ2) is 8.53. The Kier molecular flexibility index (Phi) is 6.97. The second-order valence-corrected chi connectivity index (χ2v) is 4.15.